The molecule has 0 amide bonds. The topological polar surface area (TPSA) is 63.4 Å². The highest BCUT2D eigenvalue weighted by Gasteiger charge is 2.26. The number of hydrogen-bond acceptors (Lipinski definition) is 4. The molecule has 0 unspecified atom stereocenters. The molecule has 0 aliphatic heterocycles. The lowest BCUT2D eigenvalue weighted by atomic mass is 10.2. The van der Waals surface area contributed by atoms with Crippen LogP contribution >= 0.6 is 27.3 Å². The first-order chi connectivity index (χ1) is 9.86. The van der Waals surface area contributed by atoms with Gasteiger partial charge in [0, 0.05) is 28.1 Å². The number of sulfonamides is 1. The summed E-state index contributed by atoms with van der Waals surface area (Å²) in [4.78, 5) is 1.28. The molecule has 0 radical (unpaired) electrons. The van der Waals surface area contributed by atoms with E-state index in [9.17, 15) is 8.42 Å². The highest BCUT2D eigenvalue weighted by molar-refractivity contribution is 9.10. The van der Waals surface area contributed by atoms with Gasteiger partial charge in [-0.2, -0.15) is 4.31 Å². The van der Waals surface area contributed by atoms with Crippen LogP contribution in [0.1, 0.15) is 17.4 Å². The molecule has 0 bridgehead atoms. The highest BCUT2D eigenvalue weighted by atomic mass is 79.9. The van der Waals surface area contributed by atoms with Crippen LogP contribution in [0.3, 0.4) is 0 Å². The van der Waals surface area contributed by atoms with E-state index in [-0.39, 0.29) is 4.90 Å². The lowest BCUT2D eigenvalue weighted by Gasteiger charge is -2.21. The van der Waals surface area contributed by atoms with Crippen molar-refractivity contribution in [3.63, 3.8) is 0 Å². The number of nitrogen functional groups attached to an aromatic ring is 1. The van der Waals surface area contributed by atoms with Crippen LogP contribution in [0.25, 0.3) is 0 Å². The summed E-state index contributed by atoms with van der Waals surface area (Å²) in [6.45, 7) is 4.40. The van der Waals surface area contributed by atoms with Crippen LogP contribution in [0.2, 0.25) is 0 Å². The van der Waals surface area contributed by atoms with Gasteiger partial charge in [0.05, 0.1) is 4.90 Å². The highest BCUT2D eigenvalue weighted by Crippen LogP contribution is 2.29. The van der Waals surface area contributed by atoms with E-state index in [1.54, 1.807) is 24.3 Å². The minimum Gasteiger partial charge on any atom is -0.398 e. The van der Waals surface area contributed by atoms with E-state index in [1.807, 2.05) is 24.4 Å². The van der Waals surface area contributed by atoms with E-state index in [0.29, 0.717) is 28.8 Å². The first kappa shape index (κ1) is 16.5. The summed E-state index contributed by atoms with van der Waals surface area (Å²) in [5, 5.41) is 1.94. The Labute approximate surface area is 137 Å². The molecule has 4 nitrogen and oxygen atoms in total. The van der Waals surface area contributed by atoms with Crippen molar-refractivity contribution in [3.05, 3.63) is 44.6 Å². The Hall–Kier alpha value is -0.890. The van der Waals surface area contributed by atoms with E-state index in [1.165, 1.54) is 10.4 Å². The summed E-state index contributed by atoms with van der Waals surface area (Å²) in [5.74, 6) is 0. The average Bonchev–Trinajstić information content (AvgIpc) is 2.92. The van der Waals surface area contributed by atoms with Crippen molar-refractivity contribution in [1.82, 2.24) is 4.31 Å². The van der Waals surface area contributed by atoms with Crippen LogP contribution in [-0.4, -0.2) is 19.3 Å². The van der Waals surface area contributed by atoms with Crippen LogP contribution in [0.4, 0.5) is 5.69 Å². The largest absolute Gasteiger partial charge is 0.398 e. The van der Waals surface area contributed by atoms with Gasteiger partial charge in [-0.05, 0) is 52.0 Å². The van der Waals surface area contributed by atoms with Gasteiger partial charge in [0.1, 0.15) is 0 Å². The predicted octanol–water partition coefficient (Wildman–Crippen LogP) is 3.61. The van der Waals surface area contributed by atoms with Crippen molar-refractivity contribution in [1.29, 1.82) is 0 Å². The lowest BCUT2D eigenvalue weighted by molar-refractivity contribution is 0.426. The summed E-state index contributed by atoms with van der Waals surface area (Å²) in [7, 11) is -3.56. The fraction of sp³-hybridized carbons (Fsp3) is 0.286. The standard InChI is InChI=1S/C14H17BrN2O2S2/c1-3-17(9-11-5-4-6-20-11)21(18,19)14-8-13(16)12(15)7-10(14)2/h4-8H,3,9,16H2,1-2H3. The second-order valence-electron chi connectivity index (χ2n) is 4.65. The number of nitrogens with two attached hydrogens (primary N) is 1. The number of anilines is 1. The lowest BCUT2D eigenvalue weighted by Crippen LogP contribution is -2.30. The fourth-order valence-electron chi connectivity index (χ4n) is 2.03. The predicted molar refractivity (Wildman–Crippen MR) is 90.9 cm³/mol. The number of hydrogen-bond donors (Lipinski definition) is 1. The second kappa shape index (κ2) is 6.48. The maximum absolute atomic E-state index is 12.8. The third-order valence-corrected chi connectivity index (χ3v) is 6.79. The first-order valence-corrected chi connectivity index (χ1v) is 9.55. The van der Waals surface area contributed by atoms with Crippen molar-refractivity contribution in [3.8, 4) is 0 Å². The van der Waals surface area contributed by atoms with Gasteiger partial charge in [-0.1, -0.05) is 13.0 Å². The van der Waals surface area contributed by atoms with Gasteiger partial charge < -0.3 is 5.73 Å². The van der Waals surface area contributed by atoms with E-state index in [0.717, 1.165) is 4.88 Å². The Bertz CT molecular complexity index is 728. The molecule has 0 fully saturated rings. The molecule has 21 heavy (non-hydrogen) atoms. The molecule has 2 rings (SSSR count). The summed E-state index contributed by atoms with van der Waals surface area (Å²) in [6, 6.07) is 7.11. The first-order valence-electron chi connectivity index (χ1n) is 6.44. The number of rotatable bonds is 5. The molecule has 1 heterocycles. The number of nitrogens with zero attached hydrogens (tertiary/aromatic N) is 1. The third kappa shape index (κ3) is 3.48. The molecule has 2 aromatic rings. The van der Waals surface area contributed by atoms with Gasteiger partial charge in [0.2, 0.25) is 10.0 Å². The maximum Gasteiger partial charge on any atom is 0.243 e. The van der Waals surface area contributed by atoms with Crippen molar-refractivity contribution in [2.24, 2.45) is 0 Å². The Morgan fingerprint density at radius 1 is 1.38 bits per heavy atom. The Morgan fingerprint density at radius 3 is 2.67 bits per heavy atom. The number of benzene rings is 1. The van der Waals surface area contributed by atoms with Crippen LogP contribution in [0.15, 0.2) is 39.0 Å². The van der Waals surface area contributed by atoms with E-state index >= 15 is 0 Å². The summed E-state index contributed by atoms with van der Waals surface area (Å²) in [6.07, 6.45) is 0. The molecule has 1 aromatic carbocycles. The van der Waals surface area contributed by atoms with Crippen LogP contribution in [-0.2, 0) is 16.6 Å². The number of halogens is 1. The van der Waals surface area contributed by atoms with Crippen LogP contribution in [0.5, 0.6) is 0 Å². The zero-order valence-electron chi connectivity index (χ0n) is 11.8. The van der Waals surface area contributed by atoms with Gasteiger partial charge in [-0.15, -0.1) is 11.3 Å². The normalized spacial score (nSPS) is 12.0. The second-order valence-corrected chi connectivity index (χ2v) is 8.44. The summed E-state index contributed by atoms with van der Waals surface area (Å²) < 4.78 is 27.8. The van der Waals surface area contributed by atoms with E-state index in [2.05, 4.69) is 15.9 Å². The van der Waals surface area contributed by atoms with Crippen LogP contribution in [0, 0.1) is 6.92 Å². The maximum atomic E-state index is 12.8. The van der Waals surface area contributed by atoms with Crippen molar-refractivity contribution in [2.45, 2.75) is 25.3 Å². The third-order valence-electron chi connectivity index (χ3n) is 3.18. The average molecular weight is 389 g/mol. The van der Waals surface area contributed by atoms with Crippen molar-refractivity contribution < 1.29 is 8.42 Å². The number of thiophene rings is 1. The minimum absolute atomic E-state index is 0.265. The Kier molecular flexibility index (Phi) is 5.08. The molecule has 114 valence electrons. The fourth-order valence-corrected chi connectivity index (χ4v) is 4.96. The van der Waals surface area contributed by atoms with Gasteiger partial charge in [-0.25, -0.2) is 8.42 Å². The monoisotopic (exact) mass is 388 g/mol. The van der Waals surface area contributed by atoms with Gasteiger partial charge in [0.15, 0.2) is 0 Å². The quantitative estimate of drug-likeness (QED) is 0.795. The zero-order valence-corrected chi connectivity index (χ0v) is 15.1. The van der Waals surface area contributed by atoms with Gasteiger partial charge >= 0.3 is 0 Å². The Morgan fingerprint density at radius 2 is 2.10 bits per heavy atom. The smallest absolute Gasteiger partial charge is 0.243 e. The molecule has 0 atom stereocenters. The Balaban J connectivity index is 2.42. The summed E-state index contributed by atoms with van der Waals surface area (Å²) >= 11 is 4.87. The summed E-state index contributed by atoms with van der Waals surface area (Å²) in [5.41, 5.74) is 6.94. The molecule has 1 aromatic heterocycles. The van der Waals surface area contributed by atoms with E-state index in [4.69, 9.17) is 5.73 Å². The molecule has 0 saturated carbocycles. The molecular weight excluding hydrogens is 372 g/mol. The van der Waals surface area contributed by atoms with Crippen molar-refractivity contribution >= 4 is 43.0 Å². The van der Waals surface area contributed by atoms with Crippen molar-refractivity contribution in [2.75, 3.05) is 12.3 Å². The molecule has 0 spiro atoms. The molecule has 0 saturated heterocycles. The zero-order chi connectivity index (χ0) is 15.6. The van der Waals surface area contributed by atoms with Gasteiger partial charge in [0.25, 0.3) is 0 Å². The van der Waals surface area contributed by atoms with E-state index < -0.39 is 10.0 Å². The molecule has 7 heteroatoms. The molecule has 2 N–H and O–H groups in total. The molecule has 0 aliphatic carbocycles. The molecule has 0 aliphatic rings. The van der Waals surface area contributed by atoms with Gasteiger partial charge in [-0.3, -0.25) is 0 Å². The van der Waals surface area contributed by atoms with Crippen LogP contribution < -0.4 is 5.73 Å². The number of aryl methyl sites for hydroxylation is 1. The molecular formula is C14H17BrN2O2S2. The minimum atomic E-state index is -3.56. The SMILES string of the molecule is CCN(Cc1cccs1)S(=O)(=O)c1cc(N)c(Br)cc1C.